The van der Waals surface area contributed by atoms with E-state index in [9.17, 15) is 14.4 Å². The molecule has 0 saturated carbocycles. The number of ether oxygens (including phenoxy) is 1. The lowest BCUT2D eigenvalue weighted by molar-refractivity contribution is -0.138. The zero-order valence-corrected chi connectivity index (χ0v) is 18.0. The van der Waals surface area contributed by atoms with Crippen molar-refractivity contribution < 1.29 is 19.1 Å². The van der Waals surface area contributed by atoms with Crippen LogP contribution in [0.1, 0.15) is 41.0 Å². The maximum atomic E-state index is 13.1. The second kappa shape index (κ2) is 10.7. The average molecular weight is 424 g/mol. The van der Waals surface area contributed by atoms with Crippen molar-refractivity contribution in [2.45, 2.75) is 26.3 Å². The highest BCUT2D eigenvalue weighted by molar-refractivity contribution is 6.09. The molecule has 2 aromatic rings. The van der Waals surface area contributed by atoms with E-state index in [4.69, 9.17) is 4.74 Å². The summed E-state index contributed by atoms with van der Waals surface area (Å²) in [5, 5.41) is 5.72. The zero-order valence-electron chi connectivity index (χ0n) is 18.0. The number of anilines is 1. The first-order valence-electron chi connectivity index (χ1n) is 10.6. The van der Waals surface area contributed by atoms with Crippen LogP contribution < -0.4 is 10.6 Å². The number of hydrogen-bond acceptors (Lipinski definition) is 4. The predicted octanol–water partition coefficient (Wildman–Crippen LogP) is 2.94. The topological polar surface area (TPSA) is 87.7 Å². The molecule has 1 heterocycles. The molecule has 1 fully saturated rings. The highest BCUT2D eigenvalue weighted by Crippen LogP contribution is 2.19. The van der Waals surface area contributed by atoms with E-state index < -0.39 is 11.9 Å². The Labute approximate surface area is 182 Å². The molecule has 164 valence electrons. The Balaban J connectivity index is 1.77. The van der Waals surface area contributed by atoms with Crippen LogP contribution in [-0.2, 0) is 9.53 Å². The Kier molecular flexibility index (Phi) is 7.78. The molecule has 1 aliphatic rings. The van der Waals surface area contributed by atoms with Crippen LogP contribution in [0.25, 0.3) is 0 Å². The van der Waals surface area contributed by atoms with Crippen molar-refractivity contribution in [3.8, 4) is 0 Å². The van der Waals surface area contributed by atoms with E-state index in [0.29, 0.717) is 43.1 Å². The van der Waals surface area contributed by atoms with E-state index in [0.717, 1.165) is 6.42 Å². The minimum atomic E-state index is -0.645. The smallest absolute Gasteiger partial charge is 0.255 e. The number of rotatable bonds is 7. The molecule has 0 unspecified atom stereocenters. The van der Waals surface area contributed by atoms with Crippen molar-refractivity contribution >= 4 is 23.4 Å². The standard InChI is InChI=1S/C24H29N3O4/c1-3-17(2)21(24(30)27-13-15-31-16-14-27)26-23(29)19-11-7-8-12-20(19)25-22(28)18-9-5-4-6-10-18/h4-12,17,21H,3,13-16H2,1-2H3,(H,25,28)(H,26,29)/t17-,21-/m0/s1. The lowest BCUT2D eigenvalue weighted by atomic mass is 9.97. The molecule has 0 aromatic heterocycles. The molecule has 1 aliphatic heterocycles. The molecule has 3 amide bonds. The minimum absolute atomic E-state index is 0.0367. The van der Waals surface area contributed by atoms with E-state index in [1.54, 1.807) is 53.4 Å². The molecule has 2 aromatic carbocycles. The number of nitrogens with zero attached hydrogens (tertiary/aromatic N) is 1. The quantitative estimate of drug-likeness (QED) is 0.717. The summed E-state index contributed by atoms with van der Waals surface area (Å²) >= 11 is 0. The van der Waals surface area contributed by atoms with Gasteiger partial charge in [0, 0.05) is 18.7 Å². The van der Waals surface area contributed by atoms with Gasteiger partial charge in [-0.3, -0.25) is 14.4 Å². The largest absolute Gasteiger partial charge is 0.378 e. The van der Waals surface area contributed by atoms with Gasteiger partial charge in [-0.15, -0.1) is 0 Å². The van der Waals surface area contributed by atoms with Crippen LogP contribution in [-0.4, -0.2) is 55.0 Å². The summed E-state index contributed by atoms with van der Waals surface area (Å²) in [5.74, 6) is -0.832. The van der Waals surface area contributed by atoms with E-state index in [1.165, 1.54) is 0 Å². The summed E-state index contributed by atoms with van der Waals surface area (Å²) in [6.07, 6.45) is 0.743. The Hall–Kier alpha value is -3.19. The van der Waals surface area contributed by atoms with E-state index in [2.05, 4.69) is 10.6 Å². The van der Waals surface area contributed by atoms with Crippen molar-refractivity contribution in [3.05, 3.63) is 65.7 Å². The molecule has 2 N–H and O–H groups in total. The van der Waals surface area contributed by atoms with Gasteiger partial charge in [0.25, 0.3) is 11.8 Å². The predicted molar refractivity (Wildman–Crippen MR) is 119 cm³/mol. The Morgan fingerprint density at radius 1 is 0.968 bits per heavy atom. The monoisotopic (exact) mass is 423 g/mol. The second-order valence-electron chi connectivity index (χ2n) is 7.64. The van der Waals surface area contributed by atoms with Gasteiger partial charge in [-0.1, -0.05) is 50.6 Å². The summed E-state index contributed by atoms with van der Waals surface area (Å²) in [7, 11) is 0. The Morgan fingerprint density at radius 3 is 2.29 bits per heavy atom. The highest BCUT2D eigenvalue weighted by Gasteiger charge is 2.31. The number of hydrogen-bond donors (Lipinski definition) is 2. The first kappa shape index (κ1) is 22.5. The fourth-order valence-electron chi connectivity index (χ4n) is 3.46. The molecule has 1 saturated heterocycles. The number of carbonyl (C=O) groups excluding carboxylic acids is 3. The van der Waals surface area contributed by atoms with Gasteiger partial charge in [0.15, 0.2) is 0 Å². The zero-order chi connectivity index (χ0) is 22.2. The average Bonchev–Trinajstić information content (AvgIpc) is 2.83. The van der Waals surface area contributed by atoms with Crippen LogP contribution in [0.4, 0.5) is 5.69 Å². The molecule has 31 heavy (non-hydrogen) atoms. The molecule has 7 heteroatoms. The van der Waals surface area contributed by atoms with Gasteiger partial charge in [0.05, 0.1) is 24.5 Å². The van der Waals surface area contributed by atoms with Gasteiger partial charge >= 0.3 is 0 Å². The summed E-state index contributed by atoms with van der Waals surface area (Å²) in [6.45, 7) is 5.98. The Bertz CT molecular complexity index is 910. The third-order valence-corrected chi connectivity index (χ3v) is 5.54. The first-order chi connectivity index (χ1) is 15.0. The summed E-state index contributed by atoms with van der Waals surface area (Å²) in [5.41, 5.74) is 1.21. The molecule has 2 atom stereocenters. The maximum Gasteiger partial charge on any atom is 0.255 e. The van der Waals surface area contributed by atoms with Gasteiger partial charge in [-0.2, -0.15) is 0 Å². The van der Waals surface area contributed by atoms with Crippen LogP contribution >= 0.6 is 0 Å². The summed E-state index contributed by atoms with van der Waals surface area (Å²) < 4.78 is 5.33. The third-order valence-electron chi connectivity index (χ3n) is 5.54. The normalized spacial score (nSPS) is 15.6. The van der Waals surface area contributed by atoms with Crippen molar-refractivity contribution in [3.63, 3.8) is 0 Å². The third kappa shape index (κ3) is 5.70. The van der Waals surface area contributed by atoms with E-state index in [1.807, 2.05) is 19.9 Å². The van der Waals surface area contributed by atoms with Crippen LogP contribution in [0.2, 0.25) is 0 Å². The van der Waals surface area contributed by atoms with Crippen molar-refractivity contribution in [1.29, 1.82) is 0 Å². The number of amides is 3. The van der Waals surface area contributed by atoms with Gasteiger partial charge < -0.3 is 20.3 Å². The summed E-state index contributed by atoms with van der Waals surface area (Å²) in [6, 6.07) is 15.0. The van der Waals surface area contributed by atoms with E-state index in [-0.39, 0.29) is 17.7 Å². The van der Waals surface area contributed by atoms with Crippen LogP contribution in [0.15, 0.2) is 54.6 Å². The highest BCUT2D eigenvalue weighted by atomic mass is 16.5. The molecular weight excluding hydrogens is 394 g/mol. The van der Waals surface area contributed by atoms with Crippen molar-refractivity contribution in [2.75, 3.05) is 31.6 Å². The molecule has 0 bridgehead atoms. The fourth-order valence-corrected chi connectivity index (χ4v) is 3.46. The number of carbonyl (C=O) groups is 3. The molecule has 0 radical (unpaired) electrons. The molecule has 3 rings (SSSR count). The Morgan fingerprint density at radius 2 is 1.61 bits per heavy atom. The number of para-hydroxylation sites is 1. The van der Waals surface area contributed by atoms with Crippen LogP contribution in [0, 0.1) is 5.92 Å². The lowest BCUT2D eigenvalue weighted by Crippen LogP contribution is -2.54. The second-order valence-corrected chi connectivity index (χ2v) is 7.64. The molecule has 0 aliphatic carbocycles. The van der Waals surface area contributed by atoms with Crippen molar-refractivity contribution in [2.24, 2.45) is 5.92 Å². The van der Waals surface area contributed by atoms with Crippen LogP contribution in [0.3, 0.4) is 0 Å². The van der Waals surface area contributed by atoms with Crippen LogP contribution in [0.5, 0.6) is 0 Å². The van der Waals surface area contributed by atoms with Gasteiger partial charge in [0.1, 0.15) is 6.04 Å². The first-order valence-corrected chi connectivity index (χ1v) is 10.6. The molecule has 0 spiro atoms. The minimum Gasteiger partial charge on any atom is -0.378 e. The van der Waals surface area contributed by atoms with Gasteiger partial charge in [-0.05, 0) is 30.2 Å². The number of nitrogens with one attached hydrogen (secondary N) is 2. The maximum absolute atomic E-state index is 13.1. The summed E-state index contributed by atoms with van der Waals surface area (Å²) in [4.78, 5) is 40.5. The van der Waals surface area contributed by atoms with Gasteiger partial charge in [-0.25, -0.2) is 0 Å². The fraction of sp³-hybridized carbons (Fsp3) is 0.375. The lowest BCUT2D eigenvalue weighted by Gasteiger charge is -2.33. The number of morpholine rings is 1. The SMILES string of the molecule is CC[C@H](C)[C@H](NC(=O)c1ccccc1NC(=O)c1ccccc1)C(=O)N1CCOCC1. The molecular formula is C24H29N3O4. The van der Waals surface area contributed by atoms with E-state index >= 15 is 0 Å². The van der Waals surface area contributed by atoms with Crippen molar-refractivity contribution in [1.82, 2.24) is 10.2 Å². The van der Waals surface area contributed by atoms with Gasteiger partial charge in [0.2, 0.25) is 5.91 Å². The molecule has 7 nitrogen and oxygen atoms in total. The number of benzene rings is 2.